The maximum absolute atomic E-state index is 12.1. The molecule has 0 bridgehead atoms. The van der Waals surface area contributed by atoms with Crippen molar-refractivity contribution in [1.29, 1.82) is 0 Å². The number of aryl methyl sites for hydroxylation is 1. The van der Waals surface area contributed by atoms with Gasteiger partial charge in [-0.3, -0.25) is 13.9 Å². The molecule has 3 N–H and O–H groups in total. The van der Waals surface area contributed by atoms with Crippen molar-refractivity contribution in [2.24, 2.45) is 0 Å². The van der Waals surface area contributed by atoms with E-state index in [1.807, 2.05) is 32.9 Å². The molecule has 1 amide bonds. The third-order valence-corrected chi connectivity index (χ3v) is 5.64. The molecule has 1 aliphatic rings. The number of amides is 1. The van der Waals surface area contributed by atoms with Crippen LogP contribution in [0, 0.1) is 11.7 Å². The van der Waals surface area contributed by atoms with Gasteiger partial charge in [-0.25, -0.2) is 0 Å². The van der Waals surface area contributed by atoms with Gasteiger partial charge >= 0.3 is 0 Å². The van der Waals surface area contributed by atoms with Crippen LogP contribution in [0.4, 0.5) is 0 Å². The van der Waals surface area contributed by atoms with E-state index in [1.165, 1.54) is 15.4 Å². The van der Waals surface area contributed by atoms with Crippen molar-refractivity contribution in [3.8, 4) is 5.69 Å². The minimum absolute atomic E-state index is 0.142. The number of benzene rings is 1. The molecule has 0 aliphatic carbocycles. The van der Waals surface area contributed by atoms with E-state index in [0.29, 0.717) is 6.54 Å². The molecule has 3 rings (SSSR count). The van der Waals surface area contributed by atoms with Gasteiger partial charge in [0, 0.05) is 17.9 Å². The van der Waals surface area contributed by atoms with Crippen LogP contribution in [-0.2, 0) is 11.5 Å². The van der Waals surface area contributed by atoms with Gasteiger partial charge in [0.2, 0.25) is 0 Å². The first-order chi connectivity index (χ1) is 13.2. The zero-order chi connectivity index (χ0) is 20.3. The molecule has 0 radical (unpaired) electrons. The summed E-state index contributed by atoms with van der Waals surface area (Å²) in [5.74, 6) is 0.142. The van der Waals surface area contributed by atoms with Crippen LogP contribution in [-0.4, -0.2) is 53.3 Å². The summed E-state index contributed by atoms with van der Waals surface area (Å²) in [7, 11) is 0. The number of piperazine rings is 1. The highest BCUT2D eigenvalue weighted by Gasteiger charge is 2.26. The highest BCUT2D eigenvalue weighted by Crippen LogP contribution is 2.14. The molecule has 0 saturated carbocycles. The second-order valence-corrected chi connectivity index (χ2v) is 9.21. The van der Waals surface area contributed by atoms with Gasteiger partial charge < -0.3 is 15.1 Å². The molecule has 2 heterocycles. The fourth-order valence-corrected chi connectivity index (χ4v) is 4.06. The number of rotatable bonds is 5. The Morgan fingerprint density at radius 2 is 1.75 bits per heavy atom. The molecule has 152 valence electrons. The molecule has 0 spiro atoms. The highest BCUT2D eigenvalue weighted by atomic mass is 32.1. The van der Waals surface area contributed by atoms with Crippen LogP contribution >= 0.6 is 12.2 Å². The van der Waals surface area contributed by atoms with Gasteiger partial charge in [-0.15, -0.1) is 0 Å². The van der Waals surface area contributed by atoms with Gasteiger partial charge in [-0.1, -0.05) is 18.2 Å². The minimum atomic E-state index is -0.162. The van der Waals surface area contributed by atoms with Crippen molar-refractivity contribution in [1.82, 2.24) is 14.5 Å². The summed E-state index contributed by atoms with van der Waals surface area (Å²) in [4.78, 5) is 15.0. The fourth-order valence-electron chi connectivity index (χ4n) is 3.77. The standard InChI is InChI=1S/C21H31N5OS/c1-17-7-5-6-8-18(17)26-14-13-25(20(26)28)16-24-11-9-23(10-12-24)15-19(27)22-21(2,3)4/h5-8,13-14H,9-12,15-16H2,1-4H3,(H,22,27)/p+2. The Morgan fingerprint density at radius 1 is 1.11 bits per heavy atom. The SMILES string of the molecule is Cc1ccccc1-n1ccn(C[NH+]2CC[NH+](CC(=O)NC(C)(C)C)CC2)c1=S. The lowest BCUT2D eigenvalue weighted by molar-refractivity contribution is -1.02. The summed E-state index contributed by atoms with van der Waals surface area (Å²) < 4.78 is 5.08. The highest BCUT2D eigenvalue weighted by molar-refractivity contribution is 7.71. The Bertz CT molecular complexity index is 871. The molecule has 1 aliphatic heterocycles. The van der Waals surface area contributed by atoms with E-state index >= 15 is 0 Å². The second-order valence-electron chi connectivity index (χ2n) is 8.84. The first-order valence-electron chi connectivity index (χ1n) is 10.0. The summed E-state index contributed by atoms with van der Waals surface area (Å²) in [6.45, 7) is 13.7. The Morgan fingerprint density at radius 3 is 2.39 bits per heavy atom. The normalized spacial score (nSPS) is 20.1. The van der Waals surface area contributed by atoms with E-state index in [-0.39, 0.29) is 11.4 Å². The summed E-state index contributed by atoms with van der Waals surface area (Å²) in [6.07, 6.45) is 4.14. The van der Waals surface area contributed by atoms with Crippen molar-refractivity contribution in [3.63, 3.8) is 0 Å². The lowest BCUT2D eigenvalue weighted by atomic mass is 10.1. The number of hydrogen-bond donors (Lipinski definition) is 3. The van der Waals surface area contributed by atoms with Crippen LogP contribution in [0.5, 0.6) is 0 Å². The summed E-state index contributed by atoms with van der Waals surface area (Å²) in [6, 6.07) is 8.31. The van der Waals surface area contributed by atoms with Crippen molar-refractivity contribution in [2.75, 3.05) is 32.7 Å². The van der Waals surface area contributed by atoms with E-state index in [2.05, 4.69) is 45.9 Å². The quantitative estimate of drug-likeness (QED) is 0.614. The van der Waals surface area contributed by atoms with E-state index in [9.17, 15) is 4.79 Å². The monoisotopic (exact) mass is 403 g/mol. The van der Waals surface area contributed by atoms with Crippen molar-refractivity contribution >= 4 is 18.1 Å². The number of aromatic nitrogens is 2. The lowest BCUT2D eigenvalue weighted by Gasteiger charge is -2.30. The Labute approximate surface area is 172 Å². The first kappa shape index (κ1) is 20.8. The molecular weight excluding hydrogens is 370 g/mol. The van der Waals surface area contributed by atoms with Gasteiger partial charge in [0.05, 0.1) is 5.69 Å². The third-order valence-electron chi connectivity index (χ3n) is 5.21. The number of hydrogen-bond acceptors (Lipinski definition) is 2. The van der Waals surface area contributed by atoms with Crippen LogP contribution in [0.15, 0.2) is 36.7 Å². The molecule has 6 nitrogen and oxygen atoms in total. The number of nitrogens with one attached hydrogen (secondary N) is 3. The number of quaternary nitrogens is 2. The Kier molecular flexibility index (Phi) is 6.37. The van der Waals surface area contributed by atoms with Crippen molar-refractivity contribution in [2.45, 2.75) is 39.9 Å². The lowest BCUT2D eigenvalue weighted by Crippen LogP contribution is -3.28. The molecule has 28 heavy (non-hydrogen) atoms. The summed E-state index contributed by atoms with van der Waals surface area (Å²) >= 11 is 5.72. The van der Waals surface area contributed by atoms with Gasteiger partial charge in [-0.2, -0.15) is 0 Å². The van der Waals surface area contributed by atoms with Crippen LogP contribution in [0.3, 0.4) is 0 Å². The number of imidazole rings is 1. The van der Waals surface area contributed by atoms with E-state index < -0.39 is 0 Å². The predicted molar refractivity (Wildman–Crippen MR) is 113 cm³/mol. The molecule has 1 aromatic heterocycles. The molecule has 2 aromatic rings. The molecule has 7 heteroatoms. The molecule has 1 saturated heterocycles. The second kappa shape index (κ2) is 8.59. The van der Waals surface area contributed by atoms with Gasteiger partial charge in [0.1, 0.15) is 26.2 Å². The zero-order valence-electron chi connectivity index (χ0n) is 17.4. The smallest absolute Gasteiger partial charge is 0.275 e. The number of nitrogens with zero attached hydrogens (tertiary/aromatic N) is 2. The van der Waals surface area contributed by atoms with Crippen molar-refractivity contribution < 1.29 is 14.6 Å². The molecule has 1 aromatic carbocycles. The van der Waals surface area contributed by atoms with Gasteiger partial charge in [-0.05, 0) is 51.5 Å². The zero-order valence-corrected chi connectivity index (χ0v) is 18.2. The fraction of sp³-hybridized carbons (Fsp3) is 0.524. The number of carbonyl (C=O) groups excluding carboxylic acids is 1. The predicted octanol–water partition coefficient (Wildman–Crippen LogP) is -0.0277. The average molecular weight is 404 g/mol. The molecule has 1 fully saturated rings. The molecular formula is C21H33N5OS+2. The van der Waals surface area contributed by atoms with E-state index in [4.69, 9.17) is 12.2 Å². The topological polar surface area (TPSA) is 47.8 Å². The summed E-state index contributed by atoms with van der Waals surface area (Å²) in [5.41, 5.74) is 2.19. The van der Waals surface area contributed by atoms with Crippen molar-refractivity contribution in [3.05, 3.63) is 47.0 Å². The van der Waals surface area contributed by atoms with Gasteiger partial charge in [0.15, 0.2) is 18.0 Å². The largest absolute Gasteiger partial charge is 0.347 e. The summed E-state index contributed by atoms with van der Waals surface area (Å²) in [5, 5.41) is 3.06. The first-order valence-corrected chi connectivity index (χ1v) is 10.5. The van der Waals surface area contributed by atoms with Crippen LogP contribution in [0.25, 0.3) is 5.69 Å². The van der Waals surface area contributed by atoms with E-state index in [0.717, 1.165) is 43.3 Å². The Hall–Kier alpha value is -1.96. The number of carbonyl (C=O) groups is 1. The van der Waals surface area contributed by atoms with E-state index in [1.54, 1.807) is 0 Å². The molecule has 0 atom stereocenters. The van der Waals surface area contributed by atoms with Crippen LogP contribution < -0.4 is 15.1 Å². The van der Waals surface area contributed by atoms with Gasteiger partial charge in [0.25, 0.3) is 5.91 Å². The van der Waals surface area contributed by atoms with Crippen LogP contribution in [0.1, 0.15) is 26.3 Å². The molecule has 0 unspecified atom stereocenters. The average Bonchev–Trinajstić information content (AvgIpc) is 2.96. The maximum Gasteiger partial charge on any atom is 0.275 e. The third kappa shape index (κ3) is 5.31. The Balaban J connectivity index is 1.55. The van der Waals surface area contributed by atoms with Crippen LogP contribution in [0.2, 0.25) is 0 Å². The minimum Gasteiger partial charge on any atom is -0.347 e. The maximum atomic E-state index is 12.1. The number of para-hydroxylation sites is 1.